The average Bonchev–Trinajstić information content (AvgIpc) is 2.55. The lowest BCUT2D eigenvalue weighted by Crippen LogP contribution is -2.40. The maximum atomic E-state index is 9.01. The van der Waals surface area contributed by atoms with Gasteiger partial charge in [-0.05, 0) is 51.7 Å². The molecule has 0 spiro atoms. The first-order chi connectivity index (χ1) is 8.30. The fourth-order valence-corrected chi connectivity index (χ4v) is 2.90. The Morgan fingerprint density at radius 2 is 2.18 bits per heavy atom. The van der Waals surface area contributed by atoms with Gasteiger partial charge in [0.2, 0.25) is 0 Å². The van der Waals surface area contributed by atoms with Gasteiger partial charge in [-0.25, -0.2) is 0 Å². The van der Waals surface area contributed by atoms with Crippen LogP contribution in [0.5, 0.6) is 0 Å². The highest BCUT2D eigenvalue weighted by molar-refractivity contribution is 4.75. The highest BCUT2D eigenvalue weighted by atomic mass is 16.3. The lowest BCUT2D eigenvalue weighted by Gasteiger charge is -2.25. The number of aliphatic hydroxyl groups excluding tert-OH is 1. The van der Waals surface area contributed by atoms with Crippen LogP contribution in [0.3, 0.4) is 0 Å². The molecule has 1 heterocycles. The summed E-state index contributed by atoms with van der Waals surface area (Å²) in [7, 11) is 2.00. The lowest BCUT2D eigenvalue weighted by molar-refractivity contribution is 0.214. The van der Waals surface area contributed by atoms with Crippen molar-refractivity contribution in [2.75, 3.05) is 33.3 Å². The summed E-state index contributed by atoms with van der Waals surface area (Å²) in [4.78, 5) is 2.58. The topological polar surface area (TPSA) is 35.5 Å². The molecule has 0 aliphatic carbocycles. The Bertz CT molecular complexity index is 187. The monoisotopic (exact) mass is 242 g/mol. The van der Waals surface area contributed by atoms with Crippen LogP contribution in [0.2, 0.25) is 0 Å². The Morgan fingerprint density at radius 1 is 1.35 bits per heavy atom. The van der Waals surface area contributed by atoms with E-state index in [0.29, 0.717) is 6.04 Å². The van der Waals surface area contributed by atoms with Gasteiger partial charge in [-0.1, -0.05) is 19.8 Å². The maximum absolute atomic E-state index is 9.01. The van der Waals surface area contributed by atoms with Gasteiger partial charge in [-0.15, -0.1) is 0 Å². The SMILES string of the molecule is CCCC1CCCN(CC(CCO)NC)CC1. The summed E-state index contributed by atoms with van der Waals surface area (Å²) in [5.41, 5.74) is 0. The molecule has 1 rings (SSSR count). The predicted molar refractivity (Wildman–Crippen MR) is 73.2 cm³/mol. The van der Waals surface area contributed by atoms with Gasteiger partial charge in [0.05, 0.1) is 0 Å². The van der Waals surface area contributed by atoms with Crippen molar-refractivity contribution < 1.29 is 5.11 Å². The molecule has 0 amide bonds. The van der Waals surface area contributed by atoms with Gasteiger partial charge in [-0.3, -0.25) is 0 Å². The summed E-state index contributed by atoms with van der Waals surface area (Å²) in [6, 6.07) is 0.447. The Hall–Kier alpha value is -0.120. The van der Waals surface area contributed by atoms with E-state index >= 15 is 0 Å². The minimum atomic E-state index is 0.289. The van der Waals surface area contributed by atoms with E-state index in [9.17, 15) is 0 Å². The fourth-order valence-electron chi connectivity index (χ4n) is 2.90. The Morgan fingerprint density at radius 3 is 2.82 bits per heavy atom. The Kier molecular flexibility index (Phi) is 7.82. The summed E-state index contributed by atoms with van der Waals surface area (Å²) >= 11 is 0. The van der Waals surface area contributed by atoms with Crippen LogP contribution in [0.4, 0.5) is 0 Å². The third kappa shape index (κ3) is 5.84. The van der Waals surface area contributed by atoms with E-state index in [1.807, 2.05) is 7.05 Å². The molecule has 3 heteroatoms. The molecule has 1 aliphatic heterocycles. The molecule has 2 unspecified atom stereocenters. The molecule has 0 aromatic carbocycles. The van der Waals surface area contributed by atoms with Crippen molar-refractivity contribution in [3.05, 3.63) is 0 Å². The molecule has 2 atom stereocenters. The zero-order valence-corrected chi connectivity index (χ0v) is 11.6. The minimum absolute atomic E-state index is 0.289. The first kappa shape index (κ1) is 14.9. The third-order valence-electron chi connectivity index (χ3n) is 4.00. The molecule has 17 heavy (non-hydrogen) atoms. The summed E-state index contributed by atoms with van der Waals surface area (Å²) in [6.07, 6.45) is 7.72. The number of hydrogen-bond acceptors (Lipinski definition) is 3. The van der Waals surface area contributed by atoms with E-state index < -0.39 is 0 Å². The number of rotatable bonds is 7. The van der Waals surface area contributed by atoms with Gasteiger partial charge in [0.15, 0.2) is 0 Å². The number of likely N-dealkylation sites (tertiary alicyclic amines) is 1. The first-order valence-corrected chi connectivity index (χ1v) is 7.30. The molecule has 0 aromatic rings. The van der Waals surface area contributed by atoms with Gasteiger partial charge >= 0.3 is 0 Å². The quantitative estimate of drug-likeness (QED) is 0.715. The van der Waals surface area contributed by atoms with Crippen molar-refractivity contribution in [1.29, 1.82) is 0 Å². The Labute approximate surface area is 107 Å². The van der Waals surface area contributed by atoms with Crippen LogP contribution in [0, 0.1) is 5.92 Å². The van der Waals surface area contributed by atoms with Crippen LogP contribution in [0.1, 0.15) is 45.4 Å². The van der Waals surface area contributed by atoms with E-state index in [1.54, 1.807) is 0 Å². The second kappa shape index (κ2) is 8.90. The number of aliphatic hydroxyl groups is 1. The zero-order valence-electron chi connectivity index (χ0n) is 11.6. The largest absolute Gasteiger partial charge is 0.396 e. The molecule has 1 fully saturated rings. The highest BCUT2D eigenvalue weighted by Gasteiger charge is 2.18. The fraction of sp³-hybridized carbons (Fsp3) is 1.00. The van der Waals surface area contributed by atoms with Crippen LogP contribution in [-0.2, 0) is 0 Å². The standard InChI is InChI=1S/C14H30N2O/c1-3-5-13-6-4-9-16(10-7-13)12-14(15-2)8-11-17/h13-15,17H,3-12H2,1-2H3. The van der Waals surface area contributed by atoms with E-state index in [4.69, 9.17) is 5.11 Å². The highest BCUT2D eigenvalue weighted by Crippen LogP contribution is 2.21. The van der Waals surface area contributed by atoms with Crippen LogP contribution >= 0.6 is 0 Å². The average molecular weight is 242 g/mol. The summed E-state index contributed by atoms with van der Waals surface area (Å²) in [6.45, 7) is 6.16. The smallest absolute Gasteiger partial charge is 0.0446 e. The molecule has 2 N–H and O–H groups in total. The van der Waals surface area contributed by atoms with Gasteiger partial charge < -0.3 is 15.3 Å². The van der Waals surface area contributed by atoms with Crippen LogP contribution in [0.15, 0.2) is 0 Å². The normalized spacial score (nSPS) is 24.5. The van der Waals surface area contributed by atoms with Crippen molar-refractivity contribution in [2.45, 2.75) is 51.5 Å². The lowest BCUT2D eigenvalue weighted by atomic mass is 9.96. The molecule has 0 bridgehead atoms. The van der Waals surface area contributed by atoms with Crippen molar-refractivity contribution >= 4 is 0 Å². The molecule has 0 aromatic heterocycles. The number of likely N-dealkylation sites (N-methyl/N-ethyl adjacent to an activating group) is 1. The van der Waals surface area contributed by atoms with Crippen molar-refractivity contribution in [1.82, 2.24) is 10.2 Å². The molecule has 1 aliphatic rings. The molecule has 1 saturated heterocycles. The van der Waals surface area contributed by atoms with Gasteiger partial charge in [0, 0.05) is 19.2 Å². The number of nitrogens with one attached hydrogen (secondary N) is 1. The van der Waals surface area contributed by atoms with Gasteiger partial charge in [0.1, 0.15) is 0 Å². The summed E-state index contributed by atoms with van der Waals surface area (Å²) < 4.78 is 0. The predicted octanol–water partition coefficient (Wildman–Crippen LogP) is 1.86. The summed E-state index contributed by atoms with van der Waals surface area (Å²) in [5, 5.41) is 12.3. The summed E-state index contributed by atoms with van der Waals surface area (Å²) in [5.74, 6) is 0.955. The van der Waals surface area contributed by atoms with Crippen LogP contribution in [-0.4, -0.2) is 49.3 Å². The van der Waals surface area contributed by atoms with Crippen molar-refractivity contribution in [3.8, 4) is 0 Å². The first-order valence-electron chi connectivity index (χ1n) is 7.30. The third-order valence-corrected chi connectivity index (χ3v) is 4.00. The van der Waals surface area contributed by atoms with E-state index in [-0.39, 0.29) is 6.61 Å². The van der Waals surface area contributed by atoms with Gasteiger partial charge in [0.25, 0.3) is 0 Å². The minimum Gasteiger partial charge on any atom is -0.396 e. The zero-order chi connectivity index (χ0) is 12.5. The van der Waals surface area contributed by atoms with E-state index in [0.717, 1.165) is 18.9 Å². The van der Waals surface area contributed by atoms with Crippen molar-refractivity contribution in [3.63, 3.8) is 0 Å². The van der Waals surface area contributed by atoms with E-state index in [1.165, 1.54) is 45.2 Å². The molecule has 102 valence electrons. The maximum Gasteiger partial charge on any atom is 0.0446 e. The number of hydrogen-bond donors (Lipinski definition) is 2. The second-order valence-electron chi connectivity index (χ2n) is 5.38. The van der Waals surface area contributed by atoms with Crippen molar-refractivity contribution in [2.24, 2.45) is 5.92 Å². The molecule has 0 saturated carbocycles. The molecule has 3 nitrogen and oxygen atoms in total. The Balaban J connectivity index is 2.29. The second-order valence-corrected chi connectivity index (χ2v) is 5.38. The van der Waals surface area contributed by atoms with E-state index in [2.05, 4.69) is 17.1 Å². The molecule has 0 radical (unpaired) electrons. The molecular weight excluding hydrogens is 212 g/mol. The van der Waals surface area contributed by atoms with Crippen LogP contribution < -0.4 is 5.32 Å². The van der Waals surface area contributed by atoms with Gasteiger partial charge in [-0.2, -0.15) is 0 Å². The number of nitrogens with zero attached hydrogens (tertiary/aromatic N) is 1. The van der Waals surface area contributed by atoms with Crippen LogP contribution in [0.25, 0.3) is 0 Å². The molecular formula is C14H30N2O.